The lowest BCUT2D eigenvalue weighted by atomic mass is 10.1. The van der Waals surface area contributed by atoms with Gasteiger partial charge in [0.05, 0.1) is 6.10 Å². The van der Waals surface area contributed by atoms with E-state index >= 15 is 0 Å². The maximum Gasteiger partial charge on any atom is 0.511 e. The van der Waals surface area contributed by atoms with Crippen LogP contribution in [0.15, 0.2) is 18.2 Å². The van der Waals surface area contributed by atoms with Gasteiger partial charge in [-0.2, -0.15) is 0 Å². The van der Waals surface area contributed by atoms with Gasteiger partial charge in [0, 0.05) is 19.5 Å². The molecule has 1 amide bonds. The lowest BCUT2D eigenvalue weighted by Gasteiger charge is -2.28. The minimum absolute atomic E-state index is 0.127. The number of likely N-dealkylation sites (N-methyl/N-ethyl adjacent to an activating group) is 1. The van der Waals surface area contributed by atoms with E-state index in [1.807, 2.05) is 32.0 Å². The predicted octanol–water partition coefficient (Wildman–Crippen LogP) is 3.71. The van der Waals surface area contributed by atoms with Crippen LogP contribution < -0.4 is 9.47 Å². The highest BCUT2D eigenvalue weighted by Crippen LogP contribution is 2.33. The largest absolute Gasteiger partial charge is 0.511 e. The van der Waals surface area contributed by atoms with Crippen LogP contribution in [-0.2, 0) is 20.6 Å². The lowest BCUT2D eigenvalue weighted by molar-refractivity contribution is -0.0889. The minimum Gasteiger partial charge on any atom is -0.454 e. The summed E-state index contributed by atoms with van der Waals surface area (Å²) in [5, 5.41) is 0. The summed E-state index contributed by atoms with van der Waals surface area (Å²) in [6, 6.07) is 5.58. The molecule has 150 valence electrons. The van der Waals surface area contributed by atoms with Gasteiger partial charge >= 0.3 is 12.2 Å². The fourth-order valence-electron chi connectivity index (χ4n) is 2.73. The lowest BCUT2D eigenvalue weighted by Crippen LogP contribution is -2.41. The van der Waals surface area contributed by atoms with E-state index in [2.05, 4.69) is 0 Å². The summed E-state index contributed by atoms with van der Waals surface area (Å²) in [7, 11) is 0. The quantitative estimate of drug-likeness (QED) is 0.526. The molecule has 1 aromatic rings. The number of rotatable bonds is 7. The number of carbonyl (C=O) groups is 2. The third-order valence-electron chi connectivity index (χ3n) is 3.94. The molecule has 0 spiro atoms. The number of amides is 1. The summed E-state index contributed by atoms with van der Waals surface area (Å²) in [5.41, 5.74) is 1.02. The Hall–Kier alpha value is -2.64. The first-order valence-corrected chi connectivity index (χ1v) is 9.03. The van der Waals surface area contributed by atoms with Gasteiger partial charge in [-0.25, -0.2) is 9.59 Å². The van der Waals surface area contributed by atoms with Crippen molar-refractivity contribution in [2.24, 2.45) is 0 Å². The van der Waals surface area contributed by atoms with E-state index in [0.29, 0.717) is 18.7 Å². The molecule has 8 nitrogen and oxygen atoms in total. The predicted molar refractivity (Wildman–Crippen MR) is 96.8 cm³/mol. The third-order valence-corrected chi connectivity index (χ3v) is 3.94. The molecule has 0 aromatic heterocycles. The molecule has 1 aliphatic rings. The van der Waals surface area contributed by atoms with E-state index in [1.165, 1.54) is 6.92 Å². The first-order valence-electron chi connectivity index (χ1n) is 9.03. The van der Waals surface area contributed by atoms with E-state index in [0.717, 1.165) is 11.3 Å². The van der Waals surface area contributed by atoms with Crippen molar-refractivity contribution in [2.45, 2.75) is 59.5 Å². The summed E-state index contributed by atoms with van der Waals surface area (Å²) in [6.07, 6.45) is -2.17. The molecule has 0 aliphatic carbocycles. The van der Waals surface area contributed by atoms with Crippen molar-refractivity contribution in [3.8, 4) is 11.5 Å². The van der Waals surface area contributed by atoms with Crippen LogP contribution in [0.25, 0.3) is 0 Å². The maximum atomic E-state index is 12.4. The number of ether oxygens (including phenoxy) is 5. The molecule has 2 unspecified atom stereocenters. The van der Waals surface area contributed by atoms with Crippen LogP contribution in [0.2, 0.25) is 0 Å². The van der Waals surface area contributed by atoms with Crippen molar-refractivity contribution in [3.63, 3.8) is 0 Å². The van der Waals surface area contributed by atoms with Gasteiger partial charge < -0.3 is 28.6 Å². The molecule has 2 rings (SSSR count). The average Bonchev–Trinajstić information content (AvgIpc) is 3.01. The first-order chi connectivity index (χ1) is 12.8. The van der Waals surface area contributed by atoms with Gasteiger partial charge in [-0.05, 0) is 51.8 Å². The standard InChI is InChI=1S/C19H27NO7/c1-6-20(18(21)26-14(5)27-19(22)25-12(2)3)13(4)9-15-7-8-16-17(10-15)24-11-23-16/h7-8,10,12-14H,6,9,11H2,1-5H3. The Morgan fingerprint density at radius 2 is 1.78 bits per heavy atom. The second-order valence-electron chi connectivity index (χ2n) is 6.51. The number of fused-ring (bicyclic) bond motifs is 1. The van der Waals surface area contributed by atoms with Crippen LogP contribution in [0.4, 0.5) is 9.59 Å². The van der Waals surface area contributed by atoms with Gasteiger partial charge in [0.2, 0.25) is 13.1 Å². The molecule has 0 saturated carbocycles. The van der Waals surface area contributed by atoms with Gasteiger partial charge in [0.1, 0.15) is 0 Å². The van der Waals surface area contributed by atoms with Crippen LogP contribution in [0.1, 0.15) is 40.2 Å². The summed E-state index contributed by atoms with van der Waals surface area (Å²) in [6.45, 7) is 9.33. The van der Waals surface area contributed by atoms with Crippen molar-refractivity contribution >= 4 is 12.2 Å². The molecular formula is C19H27NO7. The summed E-state index contributed by atoms with van der Waals surface area (Å²) in [4.78, 5) is 25.5. The van der Waals surface area contributed by atoms with E-state index < -0.39 is 18.5 Å². The molecule has 27 heavy (non-hydrogen) atoms. The van der Waals surface area contributed by atoms with Crippen molar-refractivity contribution in [1.29, 1.82) is 0 Å². The van der Waals surface area contributed by atoms with Gasteiger partial charge in [0.15, 0.2) is 11.5 Å². The van der Waals surface area contributed by atoms with Crippen molar-refractivity contribution in [2.75, 3.05) is 13.3 Å². The second kappa shape index (κ2) is 9.34. The zero-order valence-corrected chi connectivity index (χ0v) is 16.4. The molecule has 1 aliphatic heterocycles. The Balaban J connectivity index is 1.90. The topological polar surface area (TPSA) is 83.5 Å². The molecule has 0 radical (unpaired) electrons. The first kappa shape index (κ1) is 20.7. The number of hydrogen-bond acceptors (Lipinski definition) is 7. The van der Waals surface area contributed by atoms with Crippen molar-refractivity contribution in [1.82, 2.24) is 4.90 Å². The Morgan fingerprint density at radius 1 is 1.07 bits per heavy atom. The van der Waals surface area contributed by atoms with Gasteiger partial charge in [0.25, 0.3) is 0 Å². The summed E-state index contributed by atoms with van der Waals surface area (Å²) >= 11 is 0. The van der Waals surface area contributed by atoms with Crippen molar-refractivity contribution < 1.29 is 33.3 Å². The monoisotopic (exact) mass is 381 g/mol. The van der Waals surface area contributed by atoms with E-state index in [1.54, 1.807) is 18.7 Å². The third kappa shape index (κ3) is 5.94. The van der Waals surface area contributed by atoms with Crippen LogP contribution in [0, 0.1) is 0 Å². The highest BCUT2D eigenvalue weighted by Gasteiger charge is 2.24. The fourth-order valence-corrected chi connectivity index (χ4v) is 2.73. The SMILES string of the molecule is CCN(C(=O)OC(C)OC(=O)OC(C)C)C(C)Cc1ccc2c(c1)OCO2. The van der Waals surface area contributed by atoms with E-state index in [9.17, 15) is 9.59 Å². The molecule has 0 saturated heterocycles. The van der Waals surface area contributed by atoms with Gasteiger partial charge in [-0.3, -0.25) is 0 Å². The van der Waals surface area contributed by atoms with Crippen molar-refractivity contribution in [3.05, 3.63) is 23.8 Å². The average molecular weight is 381 g/mol. The number of benzene rings is 1. The number of hydrogen-bond donors (Lipinski definition) is 0. The summed E-state index contributed by atoms with van der Waals surface area (Å²) < 4.78 is 25.7. The molecule has 0 fully saturated rings. The molecule has 1 aromatic carbocycles. The Kier molecular flexibility index (Phi) is 7.15. The second-order valence-corrected chi connectivity index (χ2v) is 6.51. The summed E-state index contributed by atoms with van der Waals surface area (Å²) in [5.74, 6) is 1.42. The molecule has 0 bridgehead atoms. The van der Waals surface area contributed by atoms with E-state index in [4.69, 9.17) is 23.7 Å². The molecular weight excluding hydrogens is 354 g/mol. The highest BCUT2D eigenvalue weighted by atomic mass is 16.8. The zero-order chi connectivity index (χ0) is 20.0. The van der Waals surface area contributed by atoms with Crippen LogP contribution in [0.3, 0.4) is 0 Å². The molecule has 8 heteroatoms. The minimum atomic E-state index is -1.05. The number of nitrogens with zero attached hydrogens (tertiary/aromatic N) is 1. The Morgan fingerprint density at radius 3 is 2.44 bits per heavy atom. The van der Waals surface area contributed by atoms with Crippen LogP contribution in [-0.4, -0.2) is 48.9 Å². The smallest absolute Gasteiger partial charge is 0.454 e. The van der Waals surface area contributed by atoms with Gasteiger partial charge in [-0.15, -0.1) is 0 Å². The molecule has 2 atom stereocenters. The maximum absolute atomic E-state index is 12.4. The fraction of sp³-hybridized carbons (Fsp3) is 0.579. The Labute approximate surface area is 159 Å². The molecule has 0 N–H and O–H groups in total. The van der Waals surface area contributed by atoms with E-state index in [-0.39, 0.29) is 18.9 Å². The van der Waals surface area contributed by atoms with Crippen LogP contribution >= 0.6 is 0 Å². The van der Waals surface area contributed by atoms with Crippen LogP contribution in [0.5, 0.6) is 11.5 Å². The Bertz CT molecular complexity index is 661. The highest BCUT2D eigenvalue weighted by molar-refractivity contribution is 5.68. The zero-order valence-electron chi connectivity index (χ0n) is 16.4. The number of carbonyl (C=O) groups excluding carboxylic acids is 2. The van der Waals surface area contributed by atoms with Gasteiger partial charge in [-0.1, -0.05) is 6.07 Å². The normalized spacial score (nSPS) is 14.4. The molecule has 1 heterocycles.